The number of aliphatic carboxylic acids is 1. The van der Waals surface area contributed by atoms with E-state index < -0.39 is 18.0 Å². The van der Waals surface area contributed by atoms with Crippen LogP contribution >= 0.6 is 0 Å². The van der Waals surface area contributed by atoms with Gasteiger partial charge in [-0.2, -0.15) is 0 Å². The van der Waals surface area contributed by atoms with Crippen LogP contribution in [0.4, 0.5) is 4.79 Å². The van der Waals surface area contributed by atoms with Crippen LogP contribution in [0.5, 0.6) is 0 Å². The molecule has 0 aromatic heterocycles. The summed E-state index contributed by atoms with van der Waals surface area (Å²) < 4.78 is 0. The van der Waals surface area contributed by atoms with Crippen LogP contribution in [0.25, 0.3) is 0 Å². The lowest BCUT2D eigenvalue weighted by atomic mass is 9.92. The van der Waals surface area contributed by atoms with Crippen molar-refractivity contribution in [2.45, 2.75) is 47.1 Å². The zero-order valence-corrected chi connectivity index (χ0v) is 11.3. The second-order valence-electron chi connectivity index (χ2n) is 5.77. The molecule has 0 aliphatic carbocycles. The highest BCUT2D eigenvalue weighted by Crippen LogP contribution is 2.16. The zero-order valence-electron chi connectivity index (χ0n) is 11.3. The van der Waals surface area contributed by atoms with E-state index in [1.807, 2.05) is 0 Å². The fourth-order valence-electron chi connectivity index (χ4n) is 1.26. The summed E-state index contributed by atoms with van der Waals surface area (Å²) in [6, 6.07) is -1.26. The standard InChI is InChI=1S/C12H24N2O3/c1-8(2)9(10(15)16)14-11(17)13-7-6-12(3,4)5/h8-9H,6-7H2,1-5H3,(H,15,16)(H2,13,14,17). The van der Waals surface area contributed by atoms with Gasteiger partial charge in [0.1, 0.15) is 6.04 Å². The van der Waals surface area contributed by atoms with Crippen molar-refractivity contribution >= 4 is 12.0 Å². The van der Waals surface area contributed by atoms with Gasteiger partial charge < -0.3 is 15.7 Å². The number of carbonyl (C=O) groups is 2. The Kier molecular flexibility index (Phi) is 5.99. The lowest BCUT2D eigenvalue weighted by Gasteiger charge is -2.20. The molecule has 2 amide bonds. The first kappa shape index (κ1) is 15.7. The number of hydrogen-bond acceptors (Lipinski definition) is 2. The molecule has 0 aromatic rings. The second kappa shape index (κ2) is 6.47. The molecule has 0 fully saturated rings. The maximum atomic E-state index is 11.5. The third-order valence-electron chi connectivity index (χ3n) is 2.38. The van der Waals surface area contributed by atoms with Crippen LogP contribution < -0.4 is 10.6 Å². The molecule has 1 atom stereocenters. The van der Waals surface area contributed by atoms with Crippen molar-refractivity contribution < 1.29 is 14.7 Å². The van der Waals surface area contributed by atoms with Gasteiger partial charge in [-0.25, -0.2) is 9.59 Å². The van der Waals surface area contributed by atoms with Crippen molar-refractivity contribution in [1.29, 1.82) is 0 Å². The SMILES string of the molecule is CC(C)C(NC(=O)NCCC(C)(C)C)C(=O)O. The molecule has 0 aliphatic heterocycles. The summed E-state index contributed by atoms with van der Waals surface area (Å²) in [4.78, 5) is 22.3. The Morgan fingerprint density at radius 3 is 2.12 bits per heavy atom. The van der Waals surface area contributed by atoms with E-state index >= 15 is 0 Å². The van der Waals surface area contributed by atoms with Gasteiger partial charge in [0, 0.05) is 6.54 Å². The number of amides is 2. The fraction of sp³-hybridized carbons (Fsp3) is 0.833. The lowest BCUT2D eigenvalue weighted by Crippen LogP contribution is -2.49. The lowest BCUT2D eigenvalue weighted by molar-refractivity contribution is -0.140. The third-order valence-corrected chi connectivity index (χ3v) is 2.38. The summed E-state index contributed by atoms with van der Waals surface area (Å²) in [5.74, 6) is -1.15. The summed E-state index contributed by atoms with van der Waals surface area (Å²) in [6.45, 7) is 10.3. The molecule has 0 aromatic carbocycles. The minimum Gasteiger partial charge on any atom is -0.480 e. The van der Waals surface area contributed by atoms with Crippen LogP contribution in [0.3, 0.4) is 0 Å². The normalized spacial score (nSPS) is 13.3. The first-order valence-corrected chi connectivity index (χ1v) is 5.90. The van der Waals surface area contributed by atoms with Crippen molar-refractivity contribution in [1.82, 2.24) is 10.6 Å². The van der Waals surface area contributed by atoms with Gasteiger partial charge >= 0.3 is 12.0 Å². The van der Waals surface area contributed by atoms with Crippen LogP contribution in [-0.2, 0) is 4.79 Å². The summed E-state index contributed by atoms with van der Waals surface area (Å²) in [7, 11) is 0. The molecular weight excluding hydrogens is 220 g/mol. The van der Waals surface area contributed by atoms with Crippen LogP contribution in [0.15, 0.2) is 0 Å². The molecule has 5 heteroatoms. The Labute approximate surface area is 103 Å². The van der Waals surface area contributed by atoms with E-state index in [1.54, 1.807) is 13.8 Å². The van der Waals surface area contributed by atoms with Gasteiger partial charge in [-0.05, 0) is 17.8 Å². The number of carboxylic acids is 1. The van der Waals surface area contributed by atoms with Gasteiger partial charge in [-0.1, -0.05) is 34.6 Å². The first-order chi connectivity index (χ1) is 7.63. The first-order valence-electron chi connectivity index (χ1n) is 5.90. The average Bonchev–Trinajstić information content (AvgIpc) is 2.10. The van der Waals surface area contributed by atoms with E-state index in [-0.39, 0.29) is 11.3 Å². The van der Waals surface area contributed by atoms with Crippen LogP contribution in [-0.4, -0.2) is 29.7 Å². The highest BCUT2D eigenvalue weighted by atomic mass is 16.4. The van der Waals surface area contributed by atoms with Crippen molar-refractivity contribution in [2.75, 3.05) is 6.54 Å². The fourth-order valence-corrected chi connectivity index (χ4v) is 1.26. The van der Waals surface area contributed by atoms with Gasteiger partial charge in [0.15, 0.2) is 0 Å². The number of hydrogen-bond donors (Lipinski definition) is 3. The minimum absolute atomic E-state index is 0.138. The van der Waals surface area contributed by atoms with E-state index in [4.69, 9.17) is 5.11 Å². The molecule has 0 saturated heterocycles. The summed E-state index contributed by atoms with van der Waals surface area (Å²) in [6.07, 6.45) is 0.847. The molecule has 17 heavy (non-hydrogen) atoms. The van der Waals surface area contributed by atoms with E-state index in [2.05, 4.69) is 31.4 Å². The van der Waals surface area contributed by atoms with Gasteiger partial charge in [0.05, 0.1) is 0 Å². The highest BCUT2D eigenvalue weighted by Gasteiger charge is 2.23. The predicted molar refractivity (Wildman–Crippen MR) is 66.9 cm³/mol. The Balaban J connectivity index is 4.04. The van der Waals surface area contributed by atoms with Gasteiger partial charge in [0.25, 0.3) is 0 Å². The maximum Gasteiger partial charge on any atom is 0.326 e. The molecule has 3 N–H and O–H groups in total. The molecule has 100 valence electrons. The largest absolute Gasteiger partial charge is 0.480 e. The van der Waals surface area contributed by atoms with Crippen molar-refractivity contribution in [3.8, 4) is 0 Å². The number of nitrogens with one attached hydrogen (secondary N) is 2. The molecular formula is C12H24N2O3. The molecule has 5 nitrogen and oxygen atoms in total. The van der Waals surface area contributed by atoms with Crippen LogP contribution in [0.1, 0.15) is 41.0 Å². The monoisotopic (exact) mass is 244 g/mol. The molecule has 0 heterocycles. The number of carbonyl (C=O) groups excluding carboxylic acids is 1. The molecule has 0 saturated carbocycles. The van der Waals surface area contributed by atoms with Crippen molar-refractivity contribution in [2.24, 2.45) is 11.3 Å². The molecule has 1 unspecified atom stereocenters. The minimum atomic E-state index is -1.01. The summed E-state index contributed by atoms with van der Waals surface area (Å²) in [5.41, 5.74) is 0.150. The molecule has 0 radical (unpaired) electrons. The smallest absolute Gasteiger partial charge is 0.326 e. The zero-order chi connectivity index (χ0) is 13.6. The Morgan fingerprint density at radius 1 is 1.24 bits per heavy atom. The predicted octanol–water partition coefficient (Wildman–Crippen LogP) is 1.83. The highest BCUT2D eigenvalue weighted by molar-refractivity contribution is 5.82. The molecule has 0 rings (SSSR count). The van der Waals surface area contributed by atoms with E-state index in [0.29, 0.717) is 6.54 Å². The molecule has 0 bridgehead atoms. The Hall–Kier alpha value is -1.26. The summed E-state index contributed by atoms with van der Waals surface area (Å²) in [5, 5.41) is 14.0. The topological polar surface area (TPSA) is 78.4 Å². The average molecular weight is 244 g/mol. The number of urea groups is 1. The van der Waals surface area contributed by atoms with Crippen LogP contribution in [0, 0.1) is 11.3 Å². The Bertz CT molecular complexity index is 269. The molecule has 0 aliphatic rings. The maximum absolute atomic E-state index is 11.5. The van der Waals surface area contributed by atoms with Crippen molar-refractivity contribution in [3.63, 3.8) is 0 Å². The quantitative estimate of drug-likeness (QED) is 0.690. The van der Waals surface area contributed by atoms with Crippen LogP contribution in [0.2, 0.25) is 0 Å². The van der Waals surface area contributed by atoms with E-state index in [1.165, 1.54) is 0 Å². The third kappa shape index (κ3) is 7.60. The van der Waals surface area contributed by atoms with Gasteiger partial charge in [0.2, 0.25) is 0 Å². The van der Waals surface area contributed by atoms with E-state index in [9.17, 15) is 9.59 Å². The van der Waals surface area contributed by atoms with Crippen molar-refractivity contribution in [3.05, 3.63) is 0 Å². The molecule has 0 spiro atoms. The Morgan fingerprint density at radius 2 is 1.76 bits per heavy atom. The number of carboxylic acid groups (broad SMARTS) is 1. The van der Waals surface area contributed by atoms with Gasteiger partial charge in [-0.15, -0.1) is 0 Å². The van der Waals surface area contributed by atoms with Gasteiger partial charge in [-0.3, -0.25) is 0 Å². The second-order valence-corrected chi connectivity index (χ2v) is 5.77. The summed E-state index contributed by atoms with van der Waals surface area (Å²) >= 11 is 0. The number of rotatable bonds is 5. The van der Waals surface area contributed by atoms with E-state index in [0.717, 1.165) is 6.42 Å².